The van der Waals surface area contributed by atoms with Crippen LogP contribution in [0.5, 0.6) is 0 Å². The molecule has 1 aromatic heterocycles. The monoisotopic (exact) mass is 238 g/mol. The lowest BCUT2D eigenvalue weighted by molar-refractivity contribution is -0.145. The van der Waals surface area contributed by atoms with E-state index in [0.717, 1.165) is 0 Å². The van der Waals surface area contributed by atoms with Crippen molar-refractivity contribution in [3.8, 4) is 0 Å². The van der Waals surface area contributed by atoms with Crippen molar-refractivity contribution in [3.05, 3.63) is 30.1 Å². The van der Waals surface area contributed by atoms with Crippen molar-refractivity contribution in [2.24, 2.45) is 0 Å². The summed E-state index contributed by atoms with van der Waals surface area (Å²) in [5.74, 6) is -3.34. The standard InChI is InChI=1S/C10H10N2O5/c13-8(14)5-7(10(16)17)12-9(15)6-1-3-11-4-2-6/h1-4,7H,5H2,(H,12,15)(H,13,14)(H,16,17). The van der Waals surface area contributed by atoms with Crippen molar-refractivity contribution in [1.82, 2.24) is 10.3 Å². The van der Waals surface area contributed by atoms with Gasteiger partial charge in [0.1, 0.15) is 6.04 Å². The summed E-state index contributed by atoms with van der Waals surface area (Å²) in [6.07, 6.45) is 2.08. The molecule has 1 aromatic rings. The topological polar surface area (TPSA) is 117 Å². The number of aromatic nitrogens is 1. The van der Waals surface area contributed by atoms with Crippen LogP contribution in [0.1, 0.15) is 16.8 Å². The van der Waals surface area contributed by atoms with Gasteiger partial charge in [-0.15, -0.1) is 0 Å². The number of hydrogen-bond acceptors (Lipinski definition) is 4. The Morgan fingerprint density at radius 3 is 2.29 bits per heavy atom. The summed E-state index contributed by atoms with van der Waals surface area (Å²) >= 11 is 0. The van der Waals surface area contributed by atoms with E-state index in [2.05, 4.69) is 10.3 Å². The van der Waals surface area contributed by atoms with Crippen molar-refractivity contribution in [2.45, 2.75) is 12.5 Å². The summed E-state index contributed by atoms with van der Waals surface area (Å²) in [7, 11) is 0. The van der Waals surface area contributed by atoms with Crippen molar-refractivity contribution in [2.75, 3.05) is 0 Å². The molecule has 1 amide bonds. The van der Waals surface area contributed by atoms with Crippen LogP contribution in [0.15, 0.2) is 24.5 Å². The van der Waals surface area contributed by atoms with Crippen LogP contribution in [0.4, 0.5) is 0 Å². The largest absolute Gasteiger partial charge is 0.481 e. The van der Waals surface area contributed by atoms with Gasteiger partial charge in [-0.25, -0.2) is 4.79 Å². The summed E-state index contributed by atoms with van der Waals surface area (Å²) in [6.45, 7) is 0. The van der Waals surface area contributed by atoms with Crippen molar-refractivity contribution in [3.63, 3.8) is 0 Å². The maximum atomic E-state index is 11.5. The Labute approximate surface area is 96.1 Å². The second-order valence-corrected chi connectivity index (χ2v) is 3.20. The molecule has 90 valence electrons. The highest BCUT2D eigenvalue weighted by Crippen LogP contribution is 1.99. The highest BCUT2D eigenvalue weighted by atomic mass is 16.4. The molecule has 0 aliphatic rings. The number of rotatable bonds is 5. The fraction of sp³-hybridized carbons (Fsp3) is 0.200. The molecule has 0 bridgehead atoms. The highest BCUT2D eigenvalue weighted by Gasteiger charge is 2.23. The van der Waals surface area contributed by atoms with Crippen LogP contribution in [-0.2, 0) is 9.59 Å². The van der Waals surface area contributed by atoms with Gasteiger partial charge in [-0.05, 0) is 12.1 Å². The van der Waals surface area contributed by atoms with E-state index in [9.17, 15) is 14.4 Å². The van der Waals surface area contributed by atoms with Crippen molar-refractivity contribution >= 4 is 17.8 Å². The van der Waals surface area contributed by atoms with Gasteiger partial charge in [0, 0.05) is 18.0 Å². The number of amides is 1. The predicted octanol–water partition coefficient (Wildman–Crippen LogP) is -0.261. The molecule has 0 saturated carbocycles. The molecule has 7 nitrogen and oxygen atoms in total. The fourth-order valence-corrected chi connectivity index (χ4v) is 1.12. The van der Waals surface area contributed by atoms with Crippen LogP contribution < -0.4 is 5.32 Å². The molecule has 1 rings (SSSR count). The third-order valence-corrected chi connectivity index (χ3v) is 1.92. The summed E-state index contributed by atoms with van der Waals surface area (Å²) in [6, 6.07) is 1.34. The van der Waals surface area contributed by atoms with Gasteiger partial charge in [0.15, 0.2) is 0 Å². The number of pyridine rings is 1. The maximum Gasteiger partial charge on any atom is 0.326 e. The van der Waals surface area contributed by atoms with Crippen LogP contribution in [0.3, 0.4) is 0 Å². The first-order valence-corrected chi connectivity index (χ1v) is 4.66. The van der Waals surface area contributed by atoms with Gasteiger partial charge in [-0.2, -0.15) is 0 Å². The molecular weight excluding hydrogens is 228 g/mol. The number of carbonyl (C=O) groups is 3. The minimum Gasteiger partial charge on any atom is -0.481 e. The van der Waals surface area contributed by atoms with E-state index in [-0.39, 0.29) is 5.56 Å². The molecule has 1 unspecified atom stereocenters. The molecular formula is C10H10N2O5. The van der Waals surface area contributed by atoms with Crippen LogP contribution >= 0.6 is 0 Å². The molecule has 0 saturated heterocycles. The Kier molecular flexibility index (Phi) is 4.15. The minimum absolute atomic E-state index is 0.219. The van der Waals surface area contributed by atoms with E-state index in [1.165, 1.54) is 24.5 Å². The van der Waals surface area contributed by atoms with Gasteiger partial charge in [-0.3, -0.25) is 14.6 Å². The summed E-state index contributed by atoms with van der Waals surface area (Å²) < 4.78 is 0. The average molecular weight is 238 g/mol. The van der Waals surface area contributed by atoms with Crippen LogP contribution in [0.2, 0.25) is 0 Å². The smallest absolute Gasteiger partial charge is 0.326 e. The third kappa shape index (κ3) is 3.90. The number of nitrogens with zero attached hydrogens (tertiary/aromatic N) is 1. The Morgan fingerprint density at radius 1 is 1.24 bits per heavy atom. The van der Waals surface area contributed by atoms with Gasteiger partial charge in [0.25, 0.3) is 5.91 Å². The summed E-state index contributed by atoms with van der Waals surface area (Å²) in [5, 5.41) is 19.3. The lowest BCUT2D eigenvalue weighted by atomic mass is 10.2. The van der Waals surface area contributed by atoms with Crippen LogP contribution in [0.25, 0.3) is 0 Å². The predicted molar refractivity (Wildman–Crippen MR) is 55.4 cm³/mol. The molecule has 0 aromatic carbocycles. The van der Waals surface area contributed by atoms with Gasteiger partial charge >= 0.3 is 11.9 Å². The molecule has 0 radical (unpaired) electrons. The molecule has 1 atom stereocenters. The number of carbonyl (C=O) groups excluding carboxylic acids is 1. The zero-order chi connectivity index (χ0) is 12.8. The molecule has 3 N–H and O–H groups in total. The van der Waals surface area contributed by atoms with E-state index in [1.54, 1.807) is 0 Å². The number of hydrogen-bond donors (Lipinski definition) is 3. The van der Waals surface area contributed by atoms with Crippen molar-refractivity contribution < 1.29 is 24.6 Å². The van der Waals surface area contributed by atoms with Crippen molar-refractivity contribution in [1.29, 1.82) is 0 Å². The molecule has 0 aliphatic carbocycles. The van der Waals surface area contributed by atoms with E-state index in [1.807, 2.05) is 0 Å². The highest BCUT2D eigenvalue weighted by molar-refractivity contribution is 5.97. The summed E-state index contributed by atoms with van der Waals surface area (Å²) in [4.78, 5) is 36.4. The SMILES string of the molecule is O=C(O)CC(NC(=O)c1ccncc1)C(=O)O. The molecule has 7 heteroatoms. The van der Waals surface area contributed by atoms with Gasteiger partial charge in [-0.1, -0.05) is 0 Å². The number of carboxylic acids is 2. The first-order chi connectivity index (χ1) is 8.00. The van der Waals surface area contributed by atoms with Gasteiger partial charge in [0.05, 0.1) is 6.42 Å². The van der Waals surface area contributed by atoms with Gasteiger partial charge < -0.3 is 15.5 Å². The molecule has 0 fully saturated rings. The number of nitrogens with one attached hydrogen (secondary N) is 1. The Balaban J connectivity index is 2.71. The normalized spacial score (nSPS) is 11.5. The first-order valence-electron chi connectivity index (χ1n) is 4.66. The van der Waals surface area contributed by atoms with Crippen LogP contribution in [-0.4, -0.2) is 39.1 Å². The second-order valence-electron chi connectivity index (χ2n) is 3.20. The minimum atomic E-state index is -1.45. The number of aliphatic carboxylic acids is 2. The maximum absolute atomic E-state index is 11.5. The van der Waals surface area contributed by atoms with E-state index < -0.39 is 30.3 Å². The zero-order valence-corrected chi connectivity index (χ0v) is 8.66. The Hall–Kier alpha value is -2.44. The molecule has 1 heterocycles. The Morgan fingerprint density at radius 2 is 1.82 bits per heavy atom. The van der Waals surface area contributed by atoms with E-state index in [0.29, 0.717) is 0 Å². The van der Waals surface area contributed by atoms with Crippen LogP contribution in [0, 0.1) is 0 Å². The quantitative estimate of drug-likeness (QED) is 0.650. The zero-order valence-electron chi connectivity index (χ0n) is 8.66. The second kappa shape index (κ2) is 5.59. The molecule has 0 spiro atoms. The number of carboxylic acid groups (broad SMARTS) is 2. The lowest BCUT2D eigenvalue weighted by Crippen LogP contribution is -2.42. The third-order valence-electron chi connectivity index (χ3n) is 1.92. The van der Waals surface area contributed by atoms with Gasteiger partial charge in [0.2, 0.25) is 0 Å². The first kappa shape index (κ1) is 12.6. The average Bonchev–Trinajstić information content (AvgIpc) is 2.28. The Bertz CT molecular complexity index is 432. The lowest BCUT2D eigenvalue weighted by Gasteiger charge is -2.11. The molecule has 0 aliphatic heterocycles. The van der Waals surface area contributed by atoms with E-state index >= 15 is 0 Å². The summed E-state index contributed by atoms with van der Waals surface area (Å²) in [5.41, 5.74) is 0.219. The fourth-order valence-electron chi connectivity index (χ4n) is 1.12. The molecule has 17 heavy (non-hydrogen) atoms. The van der Waals surface area contributed by atoms with E-state index in [4.69, 9.17) is 10.2 Å².